The van der Waals surface area contributed by atoms with E-state index in [0.29, 0.717) is 13.2 Å². The van der Waals surface area contributed by atoms with Crippen LogP contribution in [0.1, 0.15) is 12.5 Å². The molecule has 1 aliphatic heterocycles. The van der Waals surface area contributed by atoms with E-state index in [1.165, 1.54) is 5.56 Å². The second-order valence-electron chi connectivity index (χ2n) is 4.19. The molecule has 0 aliphatic carbocycles. The molecule has 1 aliphatic rings. The highest BCUT2D eigenvalue weighted by atomic mass is 79.9. The summed E-state index contributed by atoms with van der Waals surface area (Å²) in [5, 5.41) is 0. The van der Waals surface area contributed by atoms with Gasteiger partial charge in [0.1, 0.15) is 0 Å². The molecule has 88 valence electrons. The second kappa shape index (κ2) is 4.84. The number of halogens is 1. The molecule has 3 nitrogen and oxygen atoms in total. The molecule has 0 saturated carbocycles. The number of ether oxygens (including phenoxy) is 2. The van der Waals surface area contributed by atoms with Gasteiger partial charge in [0.05, 0.1) is 12.7 Å². The Morgan fingerprint density at radius 3 is 2.88 bits per heavy atom. The molecular weight excluding hydrogens is 270 g/mol. The predicted molar refractivity (Wildman–Crippen MR) is 66.1 cm³/mol. The standard InChI is InChI=1S/C12H16BrNO2/c1-12(15-8-10(7-14)16-12)6-9-4-2-3-5-11(9)13/h2-5,10H,6-8,14H2,1H3. The van der Waals surface area contributed by atoms with Crippen molar-refractivity contribution in [3.63, 3.8) is 0 Å². The van der Waals surface area contributed by atoms with Crippen molar-refractivity contribution in [1.29, 1.82) is 0 Å². The third-order valence-corrected chi connectivity index (χ3v) is 3.50. The lowest BCUT2D eigenvalue weighted by molar-refractivity contribution is -0.151. The number of rotatable bonds is 3. The highest BCUT2D eigenvalue weighted by Gasteiger charge is 2.36. The van der Waals surface area contributed by atoms with Gasteiger partial charge in [0.25, 0.3) is 0 Å². The predicted octanol–water partition coefficient (Wildman–Crippen LogP) is 2.08. The number of nitrogens with two attached hydrogens (primary N) is 1. The lowest BCUT2D eigenvalue weighted by Crippen LogP contribution is -2.31. The minimum absolute atomic E-state index is 0.0208. The van der Waals surface area contributed by atoms with Gasteiger partial charge >= 0.3 is 0 Å². The Hall–Kier alpha value is -0.420. The molecule has 0 spiro atoms. The molecule has 1 saturated heterocycles. The lowest BCUT2D eigenvalue weighted by Gasteiger charge is -2.23. The van der Waals surface area contributed by atoms with Gasteiger partial charge in [-0.3, -0.25) is 0 Å². The normalized spacial score (nSPS) is 29.6. The van der Waals surface area contributed by atoms with Crippen LogP contribution in [0.25, 0.3) is 0 Å². The van der Waals surface area contributed by atoms with Crippen LogP contribution in [0.4, 0.5) is 0 Å². The summed E-state index contributed by atoms with van der Waals surface area (Å²) in [7, 11) is 0. The Morgan fingerprint density at radius 1 is 1.50 bits per heavy atom. The fraction of sp³-hybridized carbons (Fsp3) is 0.500. The third kappa shape index (κ3) is 2.63. The quantitative estimate of drug-likeness (QED) is 0.925. The molecule has 16 heavy (non-hydrogen) atoms. The smallest absolute Gasteiger partial charge is 0.170 e. The van der Waals surface area contributed by atoms with Crippen LogP contribution >= 0.6 is 15.9 Å². The van der Waals surface area contributed by atoms with Gasteiger partial charge in [0, 0.05) is 17.4 Å². The highest BCUT2D eigenvalue weighted by Crippen LogP contribution is 2.29. The Bertz CT molecular complexity index is 372. The Kier molecular flexibility index (Phi) is 3.64. The Labute approximate surface area is 104 Å². The van der Waals surface area contributed by atoms with Gasteiger partial charge in [-0.25, -0.2) is 0 Å². The van der Waals surface area contributed by atoms with Crippen LogP contribution in [0.2, 0.25) is 0 Å². The van der Waals surface area contributed by atoms with Crippen molar-refractivity contribution >= 4 is 15.9 Å². The van der Waals surface area contributed by atoms with Crippen molar-refractivity contribution < 1.29 is 9.47 Å². The molecule has 1 aromatic rings. The monoisotopic (exact) mass is 285 g/mol. The van der Waals surface area contributed by atoms with Crippen molar-refractivity contribution in [3.8, 4) is 0 Å². The third-order valence-electron chi connectivity index (χ3n) is 2.72. The number of hydrogen-bond acceptors (Lipinski definition) is 3. The minimum Gasteiger partial charge on any atom is -0.347 e. The topological polar surface area (TPSA) is 44.5 Å². The van der Waals surface area contributed by atoms with E-state index >= 15 is 0 Å². The molecule has 2 unspecified atom stereocenters. The summed E-state index contributed by atoms with van der Waals surface area (Å²) in [6.07, 6.45) is 0.748. The molecule has 2 rings (SSSR count). The summed E-state index contributed by atoms with van der Waals surface area (Å²) in [5.41, 5.74) is 6.75. The molecule has 0 bridgehead atoms. The van der Waals surface area contributed by atoms with Crippen molar-refractivity contribution in [2.45, 2.75) is 25.2 Å². The van der Waals surface area contributed by atoms with Crippen LogP contribution in [0.5, 0.6) is 0 Å². The molecule has 1 heterocycles. The maximum absolute atomic E-state index is 5.79. The largest absolute Gasteiger partial charge is 0.347 e. The van der Waals surface area contributed by atoms with Crippen LogP contribution in [-0.4, -0.2) is 25.0 Å². The zero-order valence-corrected chi connectivity index (χ0v) is 10.9. The maximum Gasteiger partial charge on any atom is 0.170 e. The molecule has 0 aromatic heterocycles. The van der Waals surface area contributed by atoms with Crippen molar-refractivity contribution in [2.24, 2.45) is 5.73 Å². The molecule has 4 heteroatoms. The molecule has 0 amide bonds. The molecule has 0 radical (unpaired) electrons. The minimum atomic E-state index is -0.548. The van der Waals surface area contributed by atoms with E-state index < -0.39 is 5.79 Å². The van der Waals surface area contributed by atoms with Crippen LogP contribution in [0.15, 0.2) is 28.7 Å². The molecule has 2 atom stereocenters. The van der Waals surface area contributed by atoms with E-state index in [-0.39, 0.29) is 6.10 Å². The molecule has 1 fully saturated rings. The fourth-order valence-electron chi connectivity index (χ4n) is 1.89. The summed E-state index contributed by atoms with van der Waals surface area (Å²) < 4.78 is 12.6. The first-order valence-corrected chi connectivity index (χ1v) is 6.17. The van der Waals surface area contributed by atoms with Gasteiger partial charge in [0.15, 0.2) is 5.79 Å². The van der Waals surface area contributed by atoms with E-state index in [2.05, 4.69) is 22.0 Å². The van der Waals surface area contributed by atoms with Gasteiger partial charge in [-0.05, 0) is 18.6 Å². The van der Waals surface area contributed by atoms with Gasteiger partial charge in [0.2, 0.25) is 0 Å². The van der Waals surface area contributed by atoms with Crippen LogP contribution in [0, 0.1) is 0 Å². The second-order valence-corrected chi connectivity index (χ2v) is 5.04. The van der Waals surface area contributed by atoms with Crippen LogP contribution < -0.4 is 5.73 Å². The first-order chi connectivity index (χ1) is 7.63. The first-order valence-electron chi connectivity index (χ1n) is 5.38. The van der Waals surface area contributed by atoms with E-state index in [1.807, 2.05) is 25.1 Å². The van der Waals surface area contributed by atoms with E-state index in [4.69, 9.17) is 15.2 Å². The van der Waals surface area contributed by atoms with Crippen LogP contribution in [0.3, 0.4) is 0 Å². The van der Waals surface area contributed by atoms with E-state index in [0.717, 1.165) is 10.9 Å². The van der Waals surface area contributed by atoms with Crippen molar-refractivity contribution in [2.75, 3.05) is 13.2 Å². The summed E-state index contributed by atoms with van der Waals surface area (Å²) in [4.78, 5) is 0. The maximum atomic E-state index is 5.79. The lowest BCUT2D eigenvalue weighted by atomic mass is 10.1. The zero-order valence-electron chi connectivity index (χ0n) is 9.28. The molecule has 1 aromatic carbocycles. The van der Waals surface area contributed by atoms with E-state index in [1.54, 1.807) is 0 Å². The first kappa shape index (κ1) is 12.0. The van der Waals surface area contributed by atoms with Gasteiger partial charge in [-0.15, -0.1) is 0 Å². The van der Waals surface area contributed by atoms with Gasteiger partial charge in [-0.2, -0.15) is 0 Å². The highest BCUT2D eigenvalue weighted by molar-refractivity contribution is 9.10. The number of benzene rings is 1. The van der Waals surface area contributed by atoms with E-state index in [9.17, 15) is 0 Å². The average molecular weight is 286 g/mol. The fourth-order valence-corrected chi connectivity index (χ4v) is 2.31. The Morgan fingerprint density at radius 2 is 2.25 bits per heavy atom. The molecular formula is C12H16BrNO2. The SMILES string of the molecule is CC1(Cc2ccccc2Br)OCC(CN)O1. The summed E-state index contributed by atoms with van der Waals surface area (Å²) in [6.45, 7) is 3.05. The van der Waals surface area contributed by atoms with Crippen molar-refractivity contribution in [3.05, 3.63) is 34.3 Å². The zero-order chi connectivity index (χ0) is 11.6. The Balaban J connectivity index is 2.08. The van der Waals surface area contributed by atoms with Gasteiger partial charge < -0.3 is 15.2 Å². The average Bonchev–Trinajstić information content (AvgIpc) is 2.64. The molecule has 2 N–H and O–H groups in total. The van der Waals surface area contributed by atoms with Gasteiger partial charge in [-0.1, -0.05) is 34.1 Å². The summed E-state index contributed by atoms with van der Waals surface area (Å²) in [6, 6.07) is 8.10. The summed E-state index contributed by atoms with van der Waals surface area (Å²) in [5.74, 6) is -0.548. The summed E-state index contributed by atoms with van der Waals surface area (Å²) >= 11 is 3.52. The number of hydrogen-bond donors (Lipinski definition) is 1. The van der Waals surface area contributed by atoms with Crippen LogP contribution in [-0.2, 0) is 15.9 Å². The van der Waals surface area contributed by atoms with Crippen molar-refractivity contribution in [1.82, 2.24) is 0 Å².